The van der Waals surface area contributed by atoms with E-state index in [2.05, 4.69) is 20.5 Å². The quantitative estimate of drug-likeness (QED) is 0.566. The van der Waals surface area contributed by atoms with Gasteiger partial charge < -0.3 is 9.64 Å². The molecule has 2 aromatic heterocycles. The summed E-state index contributed by atoms with van der Waals surface area (Å²) in [6.45, 7) is 2.24. The van der Waals surface area contributed by atoms with Gasteiger partial charge in [0.2, 0.25) is 0 Å². The van der Waals surface area contributed by atoms with Gasteiger partial charge in [-0.15, -0.1) is 11.3 Å². The van der Waals surface area contributed by atoms with Crippen LogP contribution in [0.1, 0.15) is 4.88 Å². The highest BCUT2D eigenvalue weighted by molar-refractivity contribution is 7.13. The highest BCUT2D eigenvalue weighted by atomic mass is 32.1. The molecule has 3 aromatic rings. The number of hydrogen-bond acceptors (Lipinski definition) is 7. The Kier molecular flexibility index (Phi) is 4.85. The minimum absolute atomic E-state index is 0.110. The first-order valence-corrected chi connectivity index (χ1v) is 9.15. The second-order valence-corrected chi connectivity index (χ2v) is 6.64. The molecule has 1 saturated heterocycles. The van der Waals surface area contributed by atoms with Crippen molar-refractivity contribution in [3.8, 4) is 0 Å². The predicted octanol–water partition coefficient (Wildman–Crippen LogP) is 2.37. The highest BCUT2D eigenvalue weighted by Gasteiger charge is 2.24. The van der Waals surface area contributed by atoms with Crippen LogP contribution in [0, 0.1) is 0 Å². The smallest absolute Gasteiger partial charge is 0.275 e. The van der Waals surface area contributed by atoms with Crippen LogP contribution >= 0.6 is 11.3 Å². The molecule has 26 heavy (non-hydrogen) atoms. The number of benzene rings is 1. The van der Waals surface area contributed by atoms with E-state index in [0.29, 0.717) is 37.8 Å². The number of nitrogens with zero attached hydrogens (tertiary/aromatic N) is 4. The van der Waals surface area contributed by atoms with Gasteiger partial charge in [0.25, 0.3) is 5.91 Å². The number of para-hydroxylation sites is 1. The molecule has 0 spiro atoms. The van der Waals surface area contributed by atoms with E-state index in [4.69, 9.17) is 4.74 Å². The summed E-state index contributed by atoms with van der Waals surface area (Å²) in [7, 11) is 0. The molecule has 8 heteroatoms. The average Bonchev–Trinajstić information content (AvgIpc) is 3.23. The standard InChI is InChI=1S/C18H17N5O2S/c24-18(23-7-9-25-10-8-23)16(15-6-3-11-26-15)21-22-17-13-4-1-2-5-14(13)19-12-20-17/h1-6,11-12H,7-10H2,(H,19,20,22). The first-order chi connectivity index (χ1) is 12.8. The SMILES string of the molecule is O=C(C(=NNc1ncnc2ccccc12)c1cccs1)N1CCOCC1. The molecular formula is C18H17N5O2S. The van der Waals surface area contributed by atoms with Gasteiger partial charge in [0.1, 0.15) is 6.33 Å². The number of carbonyl (C=O) groups is 1. The van der Waals surface area contributed by atoms with Crippen molar-refractivity contribution in [2.24, 2.45) is 5.10 Å². The fourth-order valence-corrected chi connectivity index (χ4v) is 3.45. The molecule has 1 fully saturated rings. The molecule has 0 radical (unpaired) electrons. The van der Waals surface area contributed by atoms with Gasteiger partial charge in [-0.25, -0.2) is 9.97 Å². The van der Waals surface area contributed by atoms with Gasteiger partial charge in [0.05, 0.1) is 23.6 Å². The molecule has 0 unspecified atom stereocenters. The Hall–Kier alpha value is -2.84. The maximum Gasteiger partial charge on any atom is 0.275 e. The Bertz CT molecular complexity index is 930. The normalized spacial score (nSPS) is 15.2. The van der Waals surface area contributed by atoms with E-state index in [-0.39, 0.29) is 5.91 Å². The third kappa shape index (κ3) is 3.42. The number of fused-ring (bicyclic) bond motifs is 1. The molecule has 0 bridgehead atoms. The maximum atomic E-state index is 13.0. The second kappa shape index (κ2) is 7.59. The van der Waals surface area contributed by atoms with Crippen LogP contribution in [0.25, 0.3) is 10.9 Å². The fraction of sp³-hybridized carbons (Fsp3) is 0.222. The zero-order valence-corrected chi connectivity index (χ0v) is 14.8. The lowest BCUT2D eigenvalue weighted by Gasteiger charge is -2.27. The zero-order chi connectivity index (χ0) is 17.8. The summed E-state index contributed by atoms with van der Waals surface area (Å²) >= 11 is 1.48. The molecule has 132 valence electrons. The van der Waals surface area contributed by atoms with Gasteiger partial charge in [-0.3, -0.25) is 10.2 Å². The Morgan fingerprint density at radius 1 is 1.15 bits per heavy atom. The predicted molar refractivity (Wildman–Crippen MR) is 101 cm³/mol. The summed E-state index contributed by atoms with van der Waals surface area (Å²) in [5, 5.41) is 7.19. The number of anilines is 1. The van der Waals surface area contributed by atoms with E-state index in [1.807, 2.05) is 41.8 Å². The third-order valence-corrected chi connectivity index (χ3v) is 4.95. The van der Waals surface area contributed by atoms with Crippen molar-refractivity contribution < 1.29 is 9.53 Å². The highest BCUT2D eigenvalue weighted by Crippen LogP contribution is 2.19. The first kappa shape index (κ1) is 16.6. The van der Waals surface area contributed by atoms with Gasteiger partial charge in [-0.2, -0.15) is 5.10 Å². The van der Waals surface area contributed by atoms with Gasteiger partial charge in [0, 0.05) is 18.5 Å². The lowest BCUT2D eigenvalue weighted by atomic mass is 10.2. The first-order valence-electron chi connectivity index (χ1n) is 8.27. The van der Waals surface area contributed by atoms with Crippen LogP contribution in [0.3, 0.4) is 0 Å². The number of nitrogens with one attached hydrogen (secondary N) is 1. The zero-order valence-electron chi connectivity index (χ0n) is 14.0. The van der Waals surface area contributed by atoms with Crippen molar-refractivity contribution in [3.05, 3.63) is 53.0 Å². The largest absolute Gasteiger partial charge is 0.378 e. The van der Waals surface area contributed by atoms with E-state index in [0.717, 1.165) is 15.8 Å². The van der Waals surface area contributed by atoms with Crippen LogP contribution < -0.4 is 5.43 Å². The summed E-state index contributed by atoms with van der Waals surface area (Å²) in [6.07, 6.45) is 1.48. The monoisotopic (exact) mass is 367 g/mol. The number of hydrazone groups is 1. The maximum absolute atomic E-state index is 13.0. The van der Waals surface area contributed by atoms with E-state index >= 15 is 0 Å². The van der Waals surface area contributed by atoms with Crippen LogP contribution in [-0.2, 0) is 9.53 Å². The topological polar surface area (TPSA) is 79.7 Å². The number of morpholine rings is 1. The van der Waals surface area contributed by atoms with Crippen molar-refractivity contribution >= 4 is 39.7 Å². The number of thiophene rings is 1. The van der Waals surface area contributed by atoms with Gasteiger partial charge in [0.15, 0.2) is 11.5 Å². The van der Waals surface area contributed by atoms with Crippen LogP contribution in [0.5, 0.6) is 0 Å². The lowest BCUT2D eigenvalue weighted by molar-refractivity contribution is -0.127. The molecule has 4 rings (SSSR count). The Morgan fingerprint density at radius 2 is 2.00 bits per heavy atom. The minimum Gasteiger partial charge on any atom is -0.378 e. The van der Waals surface area contributed by atoms with E-state index in [1.54, 1.807) is 4.90 Å². The molecule has 1 aliphatic rings. The van der Waals surface area contributed by atoms with E-state index < -0.39 is 0 Å². The van der Waals surface area contributed by atoms with Gasteiger partial charge in [-0.05, 0) is 23.6 Å². The van der Waals surface area contributed by atoms with Crippen molar-refractivity contribution in [3.63, 3.8) is 0 Å². The summed E-state index contributed by atoms with van der Waals surface area (Å²) in [5.41, 5.74) is 4.16. The number of hydrogen-bond donors (Lipinski definition) is 1. The number of amides is 1. The van der Waals surface area contributed by atoms with Crippen LogP contribution in [0.15, 0.2) is 53.2 Å². The van der Waals surface area contributed by atoms with Crippen molar-refractivity contribution in [2.75, 3.05) is 31.7 Å². The van der Waals surface area contributed by atoms with Crippen LogP contribution in [0.2, 0.25) is 0 Å². The summed E-state index contributed by atoms with van der Waals surface area (Å²) < 4.78 is 5.33. The molecule has 1 amide bonds. The average molecular weight is 367 g/mol. The molecule has 1 aliphatic heterocycles. The molecule has 1 N–H and O–H groups in total. The van der Waals surface area contributed by atoms with E-state index in [1.165, 1.54) is 17.7 Å². The van der Waals surface area contributed by atoms with Crippen molar-refractivity contribution in [1.29, 1.82) is 0 Å². The number of ether oxygens (including phenoxy) is 1. The van der Waals surface area contributed by atoms with Gasteiger partial charge >= 0.3 is 0 Å². The number of rotatable bonds is 4. The van der Waals surface area contributed by atoms with Gasteiger partial charge in [-0.1, -0.05) is 18.2 Å². The van der Waals surface area contributed by atoms with E-state index in [9.17, 15) is 4.79 Å². The molecule has 0 saturated carbocycles. The Balaban J connectivity index is 1.66. The molecule has 0 aliphatic carbocycles. The van der Waals surface area contributed by atoms with Crippen LogP contribution in [-0.4, -0.2) is 52.8 Å². The summed E-state index contributed by atoms with van der Waals surface area (Å²) in [6, 6.07) is 11.5. The molecule has 3 heterocycles. The number of carbonyl (C=O) groups excluding carboxylic acids is 1. The Labute approximate surface area is 154 Å². The second-order valence-electron chi connectivity index (χ2n) is 5.69. The van der Waals surface area contributed by atoms with Crippen molar-refractivity contribution in [2.45, 2.75) is 0 Å². The third-order valence-electron chi connectivity index (χ3n) is 4.07. The summed E-state index contributed by atoms with van der Waals surface area (Å²) in [4.78, 5) is 24.0. The van der Waals surface area contributed by atoms with Crippen molar-refractivity contribution in [1.82, 2.24) is 14.9 Å². The minimum atomic E-state index is -0.110. The molecule has 0 atom stereocenters. The molecule has 7 nitrogen and oxygen atoms in total. The molecular weight excluding hydrogens is 350 g/mol. The lowest BCUT2D eigenvalue weighted by Crippen LogP contribution is -2.44. The fourth-order valence-electron chi connectivity index (χ4n) is 2.74. The van der Waals surface area contributed by atoms with Crippen LogP contribution in [0.4, 0.5) is 5.82 Å². The Morgan fingerprint density at radius 3 is 2.81 bits per heavy atom. The summed E-state index contributed by atoms with van der Waals surface area (Å²) in [5.74, 6) is 0.459. The number of aromatic nitrogens is 2. The molecule has 1 aromatic carbocycles.